The Kier molecular flexibility index (Phi) is 5.23. The van der Waals surface area contributed by atoms with E-state index in [1.165, 1.54) is 0 Å². The third-order valence-corrected chi connectivity index (χ3v) is 3.88. The maximum atomic E-state index is 12.4. The highest BCUT2D eigenvalue weighted by Crippen LogP contribution is 2.21. The van der Waals surface area contributed by atoms with Crippen LogP contribution in [0.2, 0.25) is 0 Å². The van der Waals surface area contributed by atoms with Gasteiger partial charge in [-0.1, -0.05) is 60.7 Å². The zero-order chi connectivity index (χ0) is 16.8. The fraction of sp³-hybridized carbons (Fsp3) is 0.263. The van der Waals surface area contributed by atoms with E-state index in [9.17, 15) is 9.59 Å². The van der Waals surface area contributed by atoms with Crippen LogP contribution < -0.4 is 16.2 Å². The Hall–Kier alpha value is -2.66. The number of carbonyl (C=O) groups excluding carboxylic acids is 2. The summed E-state index contributed by atoms with van der Waals surface area (Å²) in [5, 5.41) is 2.97. The molecule has 0 aliphatic heterocycles. The third kappa shape index (κ3) is 4.67. The normalized spacial score (nSPS) is 14.7. The van der Waals surface area contributed by atoms with Gasteiger partial charge in [-0.15, -0.1) is 0 Å². The van der Waals surface area contributed by atoms with Gasteiger partial charge in [0.2, 0.25) is 11.8 Å². The molecule has 124 valence electrons. The van der Waals surface area contributed by atoms with E-state index in [2.05, 4.69) is 16.2 Å². The predicted octanol–water partition coefficient (Wildman–Crippen LogP) is 1.87. The Morgan fingerprint density at radius 3 is 2.21 bits per heavy atom. The van der Waals surface area contributed by atoms with Crippen molar-refractivity contribution in [2.24, 2.45) is 0 Å². The molecule has 0 aromatic heterocycles. The number of benzene rings is 2. The molecule has 3 N–H and O–H groups in total. The van der Waals surface area contributed by atoms with Gasteiger partial charge in [0.25, 0.3) is 0 Å². The van der Waals surface area contributed by atoms with Crippen LogP contribution in [0.3, 0.4) is 0 Å². The van der Waals surface area contributed by atoms with Crippen LogP contribution in [-0.2, 0) is 16.0 Å². The molecule has 1 saturated carbocycles. The minimum Gasteiger partial charge on any atom is -0.352 e. The number of amides is 2. The molecule has 2 amide bonds. The molecule has 5 heteroatoms. The molecule has 1 aliphatic rings. The van der Waals surface area contributed by atoms with Crippen molar-refractivity contribution in [2.45, 2.75) is 31.3 Å². The molecule has 0 heterocycles. The van der Waals surface area contributed by atoms with Crippen LogP contribution in [0.4, 0.5) is 0 Å². The molecule has 0 bridgehead atoms. The molecule has 1 fully saturated rings. The van der Waals surface area contributed by atoms with Gasteiger partial charge in [0.15, 0.2) is 0 Å². The quantitative estimate of drug-likeness (QED) is 0.681. The number of hydrazine groups is 1. The molecule has 0 saturated heterocycles. The summed E-state index contributed by atoms with van der Waals surface area (Å²) in [6.45, 7) is 0. The first-order chi connectivity index (χ1) is 11.7. The average molecular weight is 323 g/mol. The largest absolute Gasteiger partial charge is 0.352 e. The molecule has 3 rings (SSSR count). The maximum Gasteiger partial charge on any atom is 0.243 e. The number of hydrogen-bond acceptors (Lipinski definition) is 3. The summed E-state index contributed by atoms with van der Waals surface area (Å²) in [6.07, 6.45) is 2.31. The van der Waals surface area contributed by atoms with Gasteiger partial charge in [0.1, 0.15) is 6.04 Å². The van der Waals surface area contributed by atoms with Crippen molar-refractivity contribution in [2.75, 3.05) is 0 Å². The molecule has 0 radical (unpaired) electrons. The van der Waals surface area contributed by atoms with Gasteiger partial charge in [0.05, 0.1) is 6.42 Å². The number of hydrogen-bond donors (Lipinski definition) is 3. The number of rotatable bonds is 7. The summed E-state index contributed by atoms with van der Waals surface area (Å²) in [5.74, 6) is -0.301. The smallest absolute Gasteiger partial charge is 0.243 e. The maximum absolute atomic E-state index is 12.4. The zero-order valence-electron chi connectivity index (χ0n) is 13.4. The van der Waals surface area contributed by atoms with Gasteiger partial charge in [-0.25, -0.2) is 5.43 Å². The van der Waals surface area contributed by atoms with Crippen LogP contribution in [0, 0.1) is 0 Å². The number of nitrogens with one attached hydrogen (secondary N) is 3. The van der Waals surface area contributed by atoms with Crippen molar-refractivity contribution < 1.29 is 9.59 Å². The lowest BCUT2D eigenvalue weighted by atomic mass is 10.1. The van der Waals surface area contributed by atoms with Crippen molar-refractivity contribution in [3.8, 4) is 0 Å². The average Bonchev–Trinajstić information content (AvgIpc) is 3.41. The number of carbonyl (C=O) groups is 2. The topological polar surface area (TPSA) is 70.2 Å². The molecule has 1 unspecified atom stereocenters. The van der Waals surface area contributed by atoms with Crippen LogP contribution in [0.5, 0.6) is 0 Å². The molecule has 0 spiro atoms. The Balaban J connectivity index is 1.61. The Morgan fingerprint density at radius 1 is 0.958 bits per heavy atom. The van der Waals surface area contributed by atoms with Gasteiger partial charge in [-0.2, -0.15) is 0 Å². The van der Waals surface area contributed by atoms with E-state index in [1.807, 2.05) is 60.7 Å². The van der Waals surface area contributed by atoms with E-state index < -0.39 is 6.04 Å². The summed E-state index contributed by atoms with van der Waals surface area (Å²) in [4.78, 5) is 24.5. The van der Waals surface area contributed by atoms with Crippen molar-refractivity contribution in [1.82, 2.24) is 16.2 Å². The Labute approximate surface area is 141 Å². The summed E-state index contributed by atoms with van der Waals surface area (Å²) < 4.78 is 0. The minimum absolute atomic E-state index is 0.122. The van der Waals surface area contributed by atoms with E-state index in [4.69, 9.17) is 0 Å². The first-order valence-corrected chi connectivity index (χ1v) is 8.16. The van der Waals surface area contributed by atoms with Crippen LogP contribution >= 0.6 is 0 Å². The zero-order valence-corrected chi connectivity index (χ0v) is 13.4. The van der Waals surface area contributed by atoms with E-state index in [0.717, 1.165) is 24.0 Å². The summed E-state index contributed by atoms with van der Waals surface area (Å²) in [5.41, 5.74) is 7.27. The molecule has 24 heavy (non-hydrogen) atoms. The molecule has 1 atom stereocenters. The molecule has 2 aromatic carbocycles. The van der Waals surface area contributed by atoms with Crippen molar-refractivity contribution in [3.05, 3.63) is 71.8 Å². The lowest BCUT2D eigenvalue weighted by Crippen LogP contribution is -2.47. The van der Waals surface area contributed by atoms with Gasteiger partial charge in [-0.05, 0) is 24.0 Å². The lowest BCUT2D eigenvalue weighted by molar-refractivity contribution is -0.125. The molecule has 1 aliphatic carbocycles. The second-order valence-electron chi connectivity index (χ2n) is 5.98. The third-order valence-electron chi connectivity index (χ3n) is 3.88. The molecule has 5 nitrogen and oxygen atoms in total. The monoisotopic (exact) mass is 323 g/mol. The minimum atomic E-state index is -0.605. The first-order valence-electron chi connectivity index (χ1n) is 8.16. The van der Waals surface area contributed by atoms with E-state index in [1.54, 1.807) is 0 Å². The van der Waals surface area contributed by atoms with Crippen LogP contribution in [0.25, 0.3) is 0 Å². The summed E-state index contributed by atoms with van der Waals surface area (Å²) >= 11 is 0. The van der Waals surface area contributed by atoms with Crippen molar-refractivity contribution in [3.63, 3.8) is 0 Å². The van der Waals surface area contributed by atoms with Gasteiger partial charge >= 0.3 is 0 Å². The van der Waals surface area contributed by atoms with Gasteiger partial charge < -0.3 is 5.32 Å². The molecular formula is C19H21N3O2. The van der Waals surface area contributed by atoms with Crippen molar-refractivity contribution in [1.29, 1.82) is 0 Å². The van der Waals surface area contributed by atoms with Crippen LogP contribution in [-0.4, -0.2) is 17.9 Å². The van der Waals surface area contributed by atoms with Gasteiger partial charge in [-0.3, -0.25) is 15.0 Å². The van der Waals surface area contributed by atoms with Crippen LogP contribution in [0.1, 0.15) is 30.0 Å². The molecular weight excluding hydrogens is 302 g/mol. The van der Waals surface area contributed by atoms with Gasteiger partial charge in [0, 0.05) is 6.04 Å². The van der Waals surface area contributed by atoms with E-state index in [0.29, 0.717) is 0 Å². The Morgan fingerprint density at radius 2 is 1.58 bits per heavy atom. The highest BCUT2D eigenvalue weighted by atomic mass is 16.2. The second kappa shape index (κ2) is 7.75. The van der Waals surface area contributed by atoms with Crippen LogP contribution in [0.15, 0.2) is 60.7 Å². The summed E-state index contributed by atoms with van der Waals surface area (Å²) in [7, 11) is 0. The SMILES string of the molecule is O=C(Cc1ccccc1)NNC(C(=O)NC1CC1)c1ccccc1. The fourth-order valence-electron chi connectivity index (χ4n) is 2.44. The second-order valence-corrected chi connectivity index (χ2v) is 5.98. The van der Waals surface area contributed by atoms with Crippen molar-refractivity contribution >= 4 is 11.8 Å². The fourth-order valence-corrected chi connectivity index (χ4v) is 2.44. The molecule has 2 aromatic rings. The van der Waals surface area contributed by atoms with E-state index in [-0.39, 0.29) is 24.3 Å². The highest BCUT2D eigenvalue weighted by Gasteiger charge is 2.28. The standard InChI is InChI=1S/C19H21N3O2/c23-17(13-14-7-3-1-4-8-14)21-22-18(15-9-5-2-6-10-15)19(24)20-16-11-12-16/h1-10,16,18,22H,11-13H2,(H,20,24)(H,21,23). The lowest BCUT2D eigenvalue weighted by Gasteiger charge is -2.19. The van der Waals surface area contributed by atoms with E-state index >= 15 is 0 Å². The predicted molar refractivity (Wildman–Crippen MR) is 91.8 cm³/mol. The highest BCUT2D eigenvalue weighted by molar-refractivity contribution is 5.84. The first kappa shape index (κ1) is 16.2. The summed E-state index contributed by atoms with van der Waals surface area (Å²) in [6, 6.07) is 18.5. The Bertz CT molecular complexity index is 684.